The molecule has 50 heavy (non-hydrogen) atoms. The molecule has 2 aromatic heterocycles. The van der Waals surface area contributed by atoms with Gasteiger partial charge in [0, 0.05) is 32.9 Å². The summed E-state index contributed by atoms with van der Waals surface area (Å²) in [6, 6.07) is 70.4. The van der Waals surface area contributed by atoms with Gasteiger partial charge in [0.1, 0.15) is 0 Å². The minimum absolute atomic E-state index is 1.17. The standard InChI is InChI=1S/C48H32N2/c1-3-15-35(16-4-1)49-45-25-13-11-23-41(45)43-31-33(27-29-47(43)49)37-19-7-9-21-39(37)40-22-10-8-20-38(40)34-28-30-48-44(32-34)42-24-12-14-26-46(42)50(48)36-17-5-2-6-18-36/h1-32H. The molecule has 0 N–H and O–H groups in total. The average molecular weight is 637 g/mol. The van der Waals surface area contributed by atoms with Gasteiger partial charge in [-0.2, -0.15) is 0 Å². The van der Waals surface area contributed by atoms with Gasteiger partial charge in [-0.1, -0.05) is 133 Å². The highest BCUT2D eigenvalue weighted by atomic mass is 15.0. The summed E-state index contributed by atoms with van der Waals surface area (Å²) in [6.45, 7) is 0. The molecule has 2 heteroatoms. The van der Waals surface area contributed by atoms with E-state index in [0.29, 0.717) is 0 Å². The Morgan fingerprint density at radius 1 is 0.240 bits per heavy atom. The van der Waals surface area contributed by atoms with Crippen molar-refractivity contribution in [2.75, 3.05) is 0 Å². The van der Waals surface area contributed by atoms with Gasteiger partial charge in [-0.05, 0) is 94.0 Å². The first-order valence-corrected chi connectivity index (χ1v) is 17.2. The molecule has 10 aromatic rings. The van der Waals surface area contributed by atoms with Crippen molar-refractivity contribution in [3.05, 3.63) is 194 Å². The molecule has 0 fully saturated rings. The van der Waals surface area contributed by atoms with E-state index in [9.17, 15) is 0 Å². The van der Waals surface area contributed by atoms with Gasteiger partial charge in [0.25, 0.3) is 0 Å². The van der Waals surface area contributed by atoms with Crippen LogP contribution in [0.25, 0.3) is 88.4 Å². The lowest BCUT2D eigenvalue weighted by Gasteiger charge is -2.15. The third kappa shape index (κ3) is 4.43. The van der Waals surface area contributed by atoms with Crippen LogP contribution in [-0.2, 0) is 0 Å². The molecule has 0 amide bonds. The minimum atomic E-state index is 1.17. The third-order valence-corrected chi connectivity index (χ3v) is 10.1. The lowest BCUT2D eigenvalue weighted by Crippen LogP contribution is -1.93. The second kappa shape index (κ2) is 11.5. The second-order valence-electron chi connectivity index (χ2n) is 12.9. The maximum Gasteiger partial charge on any atom is 0.0541 e. The molecule has 2 nitrogen and oxygen atoms in total. The summed E-state index contributed by atoms with van der Waals surface area (Å²) >= 11 is 0. The summed E-state index contributed by atoms with van der Waals surface area (Å²) in [6.07, 6.45) is 0. The van der Waals surface area contributed by atoms with E-state index in [4.69, 9.17) is 0 Å². The summed E-state index contributed by atoms with van der Waals surface area (Å²) in [7, 11) is 0. The number of nitrogens with zero attached hydrogens (tertiary/aromatic N) is 2. The largest absolute Gasteiger partial charge is 0.309 e. The molecule has 0 aliphatic carbocycles. The lowest BCUT2D eigenvalue weighted by molar-refractivity contribution is 1.18. The molecule has 0 saturated carbocycles. The Kier molecular flexibility index (Phi) is 6.53. The van der Waals surface area contributed by atoms with Crippen LogP contribution in [0.3, 0.4) is 0 Å². The van der Waals surface area contributed by atoms with E-state index in [1.54, 1.807) is 0 Å². The van der Waals surface area contributed by atoms with E-state index in [1.807, 2.05) is 0 Å². The smallest absolute Gasteiger partial charge is 0.0541 e. The van der Waals surface area contributed by atoms with Crippen LogP contribution in [0.15, 0.2) is 194 Å². The summed E-state index contributed by atoms with van der Waals surface area (Å²) in [5.74, 6) is 0. The summed E-state index contributed by atoms with van der Waals surface area (Å²) in [5.41, 5.74) is 14.5. The number of hydrogen-bond donors (Lipinski definition) is 0. The predicted molar refractivity (Wildman–Crippen MR) is 211 cm³/mol. The van der Waals surface area contributed by atoms with E-state index >= 15 is 0 Å². The van der Waals surface area contributed by atoms with Gasteiger partial charge in [0.2, 0.25) is 0 Å². The van der Waals surface area contributed by atoms with Crippen molar-refractivity contribution in [2.45, 2.75) is 0 Å². The summed E-state index contributed by atoms with van der Waals surface area (Å²) in [5, 5.41) is 5.03. The van der Waals surface area contributed by atoms with Crippen LogP contribution in [0.1, 0.15) is 0 Å². The zero-order chi connectivity index (χ0) is 33.0. The molecular formula is C48H32N2. The Morgan fingerprint density at radius 2 is 0.580 bits per heavy atom. The topological polar surface area (TPSA) is 9.86 Å². The molecule has 0 bridgehead atoms. The van der Waals surface area contributed by atoms with E-state index in [1.165, 1.54) is 88.4 Å². The maximum atomic E-state index is 2.38. The van der Waals surface area contributed by atoms with Crippen LogP contribution >= 0.6 is 0 Å². The lowest BCUT2D eigenvalue weighted by atomic mass is 9.89. The second-order valence-corrected chi connectivity index (χ2v) is 12.9. The molecule has 0 aliphatic heterocycles. The Morgan fingerprint density at radius 3 is 1.02 bits per heavy atom. The van der Waals surface area contributed by atoms with Crippen molar-refractivity contribution in [3.8, 4) is 44.8 Å². The van der Waals surface area contributed by atoms with Gasteiger partial charge in [-0.3, -0.25) is 0 Å². The van der Waals surface area contributed by atoms with Crippen LogP contribution in [0.2, 0.25) is 0 Å². The van der Waals surface area contributed by atoms with Gasteiger partial charge in [0.05, 0.1) is 22.1 Å². The molecule has 8 aromatic carbocycles. The molecule has 0 unspecified atom stereocenters. The van der Waals surface area contributed by atoms with Gasteiger partial charge in [-0.25, -0.2) is 0 Å². The van der Waals surface area contributed by atoms with Crippen molar-refractivity contribution >= 4 is 43.6 Å². The summed E-state index contributed by atoms with van der Waals surface area (Å²) in [4.78, 5) is 0. The third-order valence-electron chi connectivity index (χ3n) is 10.1. The summed E-state index contributed by atoms with van der Waals surface area (Å²) < 4.78 is 4.75. The first-order valence-electron chi connectivity index (χ1n) is 17.2. The van der Waals surface area contributed by atoms with E-state index in [0.717, 1.165) is 0 Å². The van der Waals surface area contributed by atoms with Crippen LogP contribution in [0.4, 0.5) is 0 Å². The number of benzene rings is 8. The van der Waals surface area contributed by atoms with Crippen molar-refractivity contribution in [3.63, 3.8) is 0 Å². The van der Waals surface area contributed by atoms with Crippen LogP contribution in [0, 0.1) is 0 Å². The van der Waals surface area contributed by atoms with Gasteiger partial charge < -0.3 is 9.13 Å². The predicted octanol–water partition coefficient (Wildman–Crippen LogP) is 12.9. The van der Waals surface area contributed by atoms with Crippen LogP contribution in [0.5, 0.6) is 0 Å². The maximum absolute atomic E-state index is 2.38. The Bertz CT molecular complexity index is 2660. The number of para-hydroxylation sites is 4. The highest BCUT2D eigenvalue weighted by molar-refractivity contribution is 6.12. The highest BCUT2D eigenvalue weighted by Crippen LogP contribution is 2.42. The Labute approximate surface area is 290 Å². The average Bonchev–Trinajstić information content (AvgIpc) is 3.71. The van der Waals surface area contributed by atoms with Crippen molar-refractivity contribution < 1.29 is 0 Å². The van der Waals surface area contributed by atoms with E-state index < -0.39 is 0 Å². The molecule has 2 heterocycles. The fourth-order valence-electron chi connectivity index (χ4n) is 7.93. The Hall–Kier alpha value is -6.64. The molecule has 234 valence electrons. The number of hydrogen-bond acceptors (Lipinski definition) is 0. The molecule has 0 saturated heterocycles. The number of aromatic nitrogens is 2. The fourth-order valence-corrected chi connectivity index (χ4v) is 7.93. The van der Waals surface area contributed by atoms with Crippen molar-refractivity contribution in [1.82, 2.24) is 9.13 Å². The molecular weight excluding hydrogens is 605 g/mol. The monoisotopic (exact) mass is 636 g/mol. The van der Waals surface area contributed by atoms with Crippen LogP contribution < -0.4 is 0 Å². The normalized spacial score (nSPS) is 11.6. The van der Waals surface area contributed by atoms with Crippen molar-refractivity contribution in [1.29, 1.82) is 0 Å². The molecule has 0 radical (unpaired) electrons. The highest BCUT2D eigenvalue weighted by Gasteiger charge is 2.18. The van der Waals surface area contributed by atoms with E-state index in [-0.39, 0.29) is 0 Å². The van der Waals surface area contributed by atoms with E-state index in [2.05, 4.69) is 203 Å². The van der Waals surface area contributed by atoms with Crippen LogP contribution in [-0.4, -0.2) is 9.13 Å². The van der Waals surface area contributed by atoms with Gasteiger partial charge in [-0.15, -0.1) is 0 Å². The first kappa shape index (κ1) is 28.4. The van der Waals surface area contributed by atoms with Gasteiger partial charge in [0.15, 0.2) is 0 Å². The van der Waals surface area contributed by atoms with Crippen molar-refractivity contribution in [2.24, 2.45) is 0 Å². The quantitative estimate of drug-likeness (QED) is 0.178. The Balaban J connectivity index is 1.14. The molecule has 0 aliphatic rings. The SMILES string of the molecule is c1ccc(-n2c3ccccc3c3cc(-c4ccccc4-c4ccccc4-c4ccc5c(c4)c4ccccc4n5-c4ccccc4)ccc32)cc1. The first-order chi connectivity index (χ1) is 24.8. The molecule has 0 atom stereocenters. The molecule has 10 rings (SSSR count). The van der Waals surface area contributed by atoms with Gasteiger partial charge >= 0.3 is 0 Å². The zero-order valence-electron chi connectivity index (χ0n) is 27.4. The fraction of sp³-hybridized carbons (Fsp3) is 0. The minimum Gasteiger partial charge on any atom is -0.309 e. The molecule has 0 spiro atoms. The number of rotatable bonds is 5. The number of fused-ring (bicyclic) bond motifs is 6. The zero-order valence-corrected chi connectivity index (χ0v) is 27.4.